The summed E-state index contributed by atoms with van der Waals surface area (Å²) in [5.74, 6) is 0. The molecule has 1 heteroatoms. The van der Waals surface area contributed by atoms with Gasteiger partial charge in [-0.2, -0.15) is 0 Å². The van der Waals surface area contributed by atoms with E-state index in [4.69, 9.17) is 0 Å². The number of rotatable bonds is 2. The molecule has 2 aromatic rings. The molecule has 0 bridgehead atoms. The molecule has 0 saturated carbocycles. The molecule has 0 heterocycles. The molecule has 0 atom stereocenters. The van der Waals surface area contributed by atoms with Crippen LogP contribution < -0.4 is 7.22 Å². The third-order valence-electron chi connectivity index (χ3n) is 2.91. The van der Waals surface area contributed by atoms with Crippen molar-refractivity contribution in [3.05, 3.63) is 58.7 Å². The summed E-state index contributed by atoms with van der Waals surface area (Å²) >= 11 is -0.247. The second-order valence-corrected chi connectivity index (χ2v) is 7.73. The van der Waals surface area contributed by atoms with Crippen molar-refractivity contribution in [3.8, 4) is 0 Å². The number of hydrogen-bond acceptors (Lipinski definition) is 0. The number of aryl methyl sites for hydroxylation is 4. The summed E-state index contributed by atoms with van der Waals surface area (Å²) in [7, 11) is 0. The van der Waals surface area contributed by atoms with Crippen molar-refractivity contribution in [1.29, 1.82) is 0 Å². The van der Waals surface area contributed by atoms with Gasteiger partial charge in [0.15, 0.2) is 0 Å². The van der Waals surface area contributed by atoms with Gasteiger partial charge in [0, 0.05) is 0 Å². The Labute approximate surface area is 114 Å². The Hall–Kier alpha value is -0.770. The van der Waals surface area contributed by atoms with E-state index in [1.54, 1.807) is 7.22 Å². The minimum atomic E-state index is -0.247. The molecule has 0 nitrogen and oxygen atoms in total. The van der Waals surface area contributed by atoms with Gasteiger partial charge >= 0.3 is 114 Å². The first-order valence-electron chi connectivity index (χ1n) is 5.88. The number of benzene rings is 2. The van der Waals surface area contributed by atoms with Gasteiger partial charge in [0.1, 0.15) is 0 Å². The molecule has 17 heavy (non-hydrogen) atoms. The maximum atomic E-state index is 2.36. The van der Waals surface area contributed by atoms with Gasteiger partial charge in [-0.05, 0) is 0 Å². The molecule has 0 fully saturated rings. The van der Waals surface area contributed by atoms with Crippen LogP contribution in [-0.2, 0) is 0 Å². The quantitative estimate of drug-likeness (QED) is 0.739. The Bertz CT molecular complexity index is 492. The van der Waals surface area contributed by atoms with Gasteiger partial charge in [-0.3, -0.25) is 0 Å². The van der Waals surface area contributed by atoms with E-state index in [-0.39, 0.29) is 20.9 Å². The molecular weight excluding hydrogens is 320 g/mol. The van der Waals surface area contributed by atoms with E-state index in [9.17, 15) is 0 Å². The third kappa shape index (κ3) is 3.12. The van der Waals surface area contributed by atoms with Crippen molar-refractivity contribution in [3.63, 3.8) is 0 Å². The van der Waals surface area contributed by atoms with Crippen LogP contribution >= 0.6 is 0 Å². The van der Waals surface area contributed by atoms with Crippen LogP contribution in [0.4, 0.5) is 0 Å². The standard InChI is InChI=1S/C16H18Te/c1-11-5-7-13(3)15(9-11)17-16-10-12(2)6-8-14(16)4/h5-10H,1-4H3. The van der Waals surface area contributed by atoms with E-state index in [1.165, 1.54) is 22.3 Å². The van der Waals surface area contributed by atoms with Gasteiger partial charge in [-0.25, -0.2) is 0 Å². The molecule has 0 aliphatic carbocycles. The Morgan fingerprint density at radius 1 is 0.647 bits per heavy atom. The topological polar surface area (TPSA) is 0 Å². The monoisotopic (exact) mass is 340 g/mol. The first-order chi connectivity index (χ1) is 8.06. The fourth-order valence-corrected chi connectivity index (χ4v) is 5.13. The second-order valence-electron chi connectivity index (χ2n) is 4.64. The van der Waals surface area contributed by atoms with Crippen molar-refractivity contribution in [2.24, 2.45) is 0 Å². The van der Waals surface area contributed by atoms with Gasteiger partial charge in [0.2, 0.25) is 0 Å². The molecule has 88 valence electrons. The van der Waals surface area contributed by atoms with Crippen LogP contribution in [0.25, 0.3) is 0 Å². The predicted octanol–water partition coefficient (Wildman–Crippen LogP) is 2.58. The van der Waals surface area contributed by atoms with E-state index in [0.717, 1.165) is 0 Å². The summed E-state index contributed by atoms with van der Waals surface area (Å²) in [5.41, 5.74) is 5.64. The van der Waals surface area contributed by atoms with Crippen molar-refractivity contribution in [1.82, 2.24) is 0 Å². The molecule has 0 spiro atoms. The van der Waals surface area contributed by atoms with Crippen LogP contribution in [0, 0.1) is 27.7 Å². The summed E-state index contributed by atoms with van der Waals surface area (Å²) in [6.45, 7) is 8.81. The fraction of sp³-hybridized carbons (Fsp3) is 0.250. The zero-order valence-corrected chi connectivity index (χ0v) is 13.2. The van der Waals surface area contributed by atoms with Gasteiger partial charge in [0.05, 0.1) is 0 Å². The van der Waals surface area contributed by atoms with Gasteiger partial charge in [-0.1, -0.05) is 0 Å². The Balaban J connectivity index is 2.37. The van der Waals surface area contributed by atoms with Crippen LogP contribution in [0.2, 0.25) is 0 Å². The first kappa shape index (κ1) is 12.7. The van der Waals surface area contributed by atoms with E-state index in [2.05, 4.69) is 64.1 Å². The molecule has 0 aliphatic rings. The van der Waals surface area contributed by atoms with Crippen LogP contribution in [0.3, 0.4) is 0 Å². The third-order valence-corrected chi connectivity index (χ3v) is 6.67. The maximum absolute atomic E-state index is 2.36. The summed E-state index contributed by atoms with van der Waals surface area (Å²) in [6, 6.07) is 13.6. The van der Waals surface area contributed by atoms with Crippen LogP contribution in [0.1, 0.15) is 22.3 Å². The molecule has 2 aromatic carbocycles. The zero-order valence-electron chi connectivity index (χ0n) is 10.9. The van der Waals surface area contributed by atoms with Crippen molar-refractivity contribution < 1.29 is 0 Å². The van der Waals surface area contributed by atoms with E-state index in [1.807, 2.05) is 0 Å². The summed E-state index contributed by atoms with van der Waals surface area (Å²) in [5, 5.41) is 0. The summed E-state index contributed by atoms with van der Waals surface area (Å²) in [6.07, 6.45) is 0. The average molecular weight is 338 g/mol. The molecule has 0 aromatic heterocycles. The average Bonchev–Trinajstić information content (AvgIpc) is 2.28. The molecule has 2 rings (SSSR count). The predicted molar refractivity (Wildman–Crippen MR) is 76.9 cm³/mol. The normalized spacial score (nSPS) is 10.6. The summed E-state index contributed by atoms with van der Waals surface area (Å²) in [4.78, 5) is 0. The second kappa shape index (κ2) is 5.25. The molecule has 0 N–H and O–H groups in total. The fourth-order valence-electron chi connectivity index (χ4n) is 1.75. The van der Waals surface area contributed by atoms with Crippen LogP contribution in [-0.4, -0.2) is 20.9 Å². The SMILES string of the molecule is Cc1ccc(C)c([Te]c2cc(C)ccc2C)c1. The van der Waals surface area contributed by atoms with Crippen LogP contribution in [0.15, 0.2) is 36.4 Å². The minimum absolute atomic E-state index is 0.247. The molecule has 0 radical (unpaired) electrons. The Morgan fingerprint density at radius 3 is 1.47 bits per heavy atom. The van der Waals surface area contributed by atoms with Gasteiger partial charge < -0.3 is 0 Å². The van der Waals surface area contributed by atoms with E-state index >= 15 is 0 Å². The molecule has 0 amide bonds. The molecule has 0 unspecified atom stereocenters. The molecular formula is C16H18Te. The Kier molecular flexibility index (Phi) is 3.92. The number of hydrogen-bond donors (Lipinski definition) is 0. The zero-order chi connectivity index (χ0) is 12.4. The Morgan fingerprint density at radius 2 is 1.06 bits per heavy atom. The van der Waals surface area contributed by atoms with E-state index in [0.29, 0.717) is 0 Å². The van der Waals surface area contributed by atoms with Gasteiger partial charge in [0.25, 0.3) is 0 Å². The van der Waals surface area contributed by atoms with Crippen LogP contribution in [0.5, 0.6) is 0 Å². The van der Waals surface area contributed by atoms with Gasteiger partial charge in [-0.15, -0.1) is 0 Å². The molecule has 0 saturated heterocycles. The summed E-state index contributed by atoms with van der Waals surface area (Å²) < 4.78 is 3.15. The van der Waals surface area contributed by atoms with Crippen molar-refractivity contribution >= 4 is 28.1 Å². The first-order valence-corrected chi connectivity index (χ1v) is 8.21. The van der Waals surface area contributed by atoms with Crippen molar-refractivity contribution in [2.75, 3.05) is 0 Å². The van der Waals surface area contributed by atoms with E-state index < -0.39 is 0 Å². The molecule has 0 aliphatic heterocycles. The van der Waals surface area contributed by atoms with Crippen molar-refractivity contribution in [2.45, 2.75) is 27.7 Å².